The number of nitrogens with two attached hydrogens (primary N) is 1. The van der Waals surface area contributed by atoms with E-state index < -0.39 is 0 Å². The molecule has 0 saturated heterocycles. The van der Waals surface area contributed by atoms with Gasteiger partial charge in [-0.2, -0.15) is 0 Å². The largest absolute Gasteiger partial charge is 0.339 e. The lowest BCUT2D eigenvalue weighted by Crippen LogP contribution is -2.33. The number of anilines is 1. The van der Waals surface area contributed by atoms with Crippen molar-refractivity contribution >= 4 is 16.5 Å². The molecule has 2 N–H and O–H groups in total. The predicted molar refractivity (Wildman–Crippen MR) is 75.3 cm³/mol. The Labute approximate surface area is 116 Å². The maximum Gasteiger partial charge on any atom is 0.186 e. The fraction of sp³-hybridized carbons (Fsp3) is 0.538. The summed E-state index contributed by atoms with van der Waals surface area (Å²) in [6.45, 7) is 2.85. The first kappa shape index (κ1) is 11.4. The summed E-state index contributed by atoms with van der Waals surface area (Å²) in [7, 11) is 0. The third kappa shape index (κ3) is 1.86. The standard InChI is InChI=1S/C13H17N5S/c14-9-2-1-3-10-12(9)16-13(19-10)18-7-6-17-5-4-15-11(17)8-18/h4-5,9H,1-3,6-8,14H2. The Kier molecular flexibility index (Phi) is 2.60. The van der Waals surface area contributed by atoms with Crippen molar-refractivity contribution in [1.82, 2.24) is 14.5 Å². The zero-order valence-corrected chi connectivity index (χ0v) is 11.6. The molecule has 0 saturated carbocycles. The number of aromatic nitrogens is 3. The van der Waals surface area contributed by atoms with Crippen LogP contribution < -0.4 is 10.6 Å². The maximum atomic E-state index is 6.16. The van der Waals surface area contributed by atoms with E-state index >= 15 is 0 Å². The highest BCUT2D eigenvalue weighted by Gasteiger charge is 2.25. The average molecular weight is 275 g/mol. The highest BCUT2D eigenvalue weighted by atomic mass is 32.1. The van der Waals surface area contributed by atoms with E-state index in [0.717, 1.165) is 49.1 Å². The third-order valence-electron chi connectivity index (χ3n) is 4.00. The second-order valence-electron chi connectivity index (χ2n) is 5.26. The predicted octanol–water partition coefficient (Wildman–Crippen LogP) is 1.70. The molecule has 1 aliphatic carbocycles. The lowest BCUT2D eigenvalue weighted by atomic mass is 9.99. The number of aryl methyl sites for hydroxylation is 1. The van der Waals surface area contributed by atoms with Crippen LogP contribution in [0, 0.1) is 0 Å². The zero-order valence-electron chi connectivity index (χ0n) is 10.7. The molecule has 0 fully saturated rings. The van der Waals surface area contributed by atoms with E-state index in [1.54, 1.807) is 0 Å². The molecule has 0 amide bonds. The Morgan fingerprint density at radius 3 is 3.21 bits per heavy atom. The van der Waals surface area contributed by atoms with Gasteiger partial charge in [0.1, 0.15) is 5.82 Å². The molecule has 2 aromatic rings. The minimum Gasteiger partial charge on any atom is -0.339 e. The van der Waals surface area contributed by atoms with Crippen LogP contribution in [0.15, 0.2) is 12.4 Å². The summed E-state index contributed by atoms with van der Waals surface area (Å²) >= 11 is 1.82. The Bertz CT molecular complexity index is 602. The van der Waals surface area contributed by atoms with E-state index in [4.69, 9.17) is 10.7 Å². The molecule has 2 aromatic heterocycles. The van der Waals surface area contributed by atoms with Crippen LogP contribution in [-0.2, 0) is 19.5 Å². The average Bonchev–Trinajstić information content (AvgIpc) is 3.04. The number of fused-ring (bicyclic) bond motifs is 2. The lowest BCUT2D eigenvalue weighted by Gasteiger charge is -2.27. The highest BCUT2D eigenvalue weighted by Crippen LogP contribution is 2.36. The van der Waals surface area contributed by atoms with Gasteiger partial charge >= 0.3 is 0 Å². The first-order valence-electron chi connectivity index (χ1n) is 6.81. The SMILES string of the molecule is NC1CCCc2sc(N3CCn4ccnc4C3)nc21. The van der Waals surface area contributed by atoms with Crippen LogP contribution in [0.1, 0.15) is 35.3 Å². The number of nitrogens with zero attached hydrogens (tertiary/aromatic N) is 4. The van der Waals surface area contributed by atoms with Crippen molar-refractivity contribution in [1.29, 1.82) is 0 Å². The number of hydrogen-bond acceptors (Lipinski definition) is 5. The second-order valence-corrected chi connectivity index (χ2v) is 6.32. The van der Waals surface area contributed by atoms with Crippen molar-refractivity contribution in [3.63, 3.8) is 0 Å². The van der Waals surface area contributed by atoms with Gasteiger partial charge in [0.05, 0.1) is 12.2 Å². The van der Waals surface area contributed by atoms with E-state index in [1.807, 2.05) is 17.5 Å². The van der Waals surface area contributed by atoms with E-state index in [9.17, 15) is 0 Å². The number of hydrogen-bond donors (Lipinski definition) is 1. The van der Waals surface area contributed by atoms with Crippen LogP contribution in [0.5, 0.6) is 0 Å². The van der Waals surface area contributed by atoms with Crippen molar-refractivity contribution in [2.75, 3.05) is 11.4 Å². The van der Waals surface area contributed by atoms with E-state index in [1.165, 1.54) is 11.3 Å². The molecule has 1 atom stereocenters. The van der Waals surface area contributed by atoms with E-state index in [-0.39, 0.29) is 6.04 Å². The van der Waals surface area contributed by atoms with Gasteiger partial charge in [0.25, 0.3) is 0 Å². The van der Waals surface area contributed by atoms with Gasteiger partial charge in [-0.15, -0.1) is 11.3 Å². The van der Waals surface area contributed by atoms with Crippen LogP contribution in [0.4, 0.5) is 5.13 Å². The first-order valence-corrected chi connectivity index (χ1v) is 7.63. The molecule has 0 bridgehead atoms. The van der Waals surface area contributed by atoms with Gasteiger partial charge in [-0.25, -0.2) is 9.97 Å². The van der Waals surface area contributed by atoms with Gasteiger partial charge in [-0.3, -0.25) is 0 Å². The van der Waals surface area contributed by atoms with Gasteiger partial charge < -0.3 is 15.2 Å². The Morgan fingerprint density at radius 1 is 1.37 bits per heavy atom. The monoisotopic (exact) mass is 275 g/mol. The van der Waals surface area contributed by atoms with Gasteiger partial charge in [-0.05, 0) is 19.3 Å². The zero-order chi connectivity index (χ0) is 12.8. The molecular formula is C13H17N5S. The fourth-order valence-electron chi connectivity index (χ4n) is 2.91. The van der Waals surface area contributed by atoms with Gasteiger partial charge in [0.2, 0.25) is 0 Å². The molecule has 0 aromatic carbocycles. The van der Waals surface area contributed by atoms with Crippen LogP contribution in [0.2, 0.25) is 0 Å². The Morgan fingerprint density at radius 2 is 2.32 bits per heavy atom. The van der Waals surface area contributed by atoms with Gasteiger partial charge in [0.15, 0.2) is 5.13 Å². The molecular weight excluding hydrogens is 258 g/mol. The van der Waals surface area contributed by atoms with Crippen LogP contribution in [-0.4, -0.2) is 21.1 Å². The minimum absolute atomic E-state index is 0.139. The summed E-state index contributed by atoms with van der Waals surface area (Å²) in [6.07, 6.45) is 7.33. The summed E-state index contributed by atoms with van der Waals surface area (Å²) < 4.78 is 2.22. The van der Waals surface area contributed by atoms with Crippen molar-refractivity contribution in [2.24, 2.45) is 5.73 Å². The summed E-state index contributed by atoms with van der Waals surface area (Å²) in [5, 5.41) is 1.12. The smallest absolute Gasteiger partial charge is 0.186 e. The third-order valence-corrected chi connectivity index (χ3v) is 5.19. The van der Waals surface area contributed by atoms with Gasteiger partial charge in [0, 0.05) is 36.4 Å². The summed E-state index contributed by atoms with van der Waals surface area (Å²) in [5.41, 5.74) is 7.30. The molecule has 1 aliphatic heterocycles. The quantitative estimate of drug-likeness (QED) is 0.860. The maximum absolute atomic E-state index is 6.16. The molecule has 5 nitrogen and oxygen atoms in total. The molecule has 4 rings (SSSR count). The molecule has 3 heterocycles. The van der Waals surface area contributed by atoms with Crippen molar-refractivity contribution in [3.8, 4) is 0 Å². The van der Waals surface area contributed by atoms with Crippen molar-refractivity contribution in [2.45, 2.75) is 38.4 Å². The molecule has 6 heteroatoms. The second kappa shape index (κ2) is 4.31. The van der Waals surface area contributed by atoms with Crippen LogP contribution in [0.3, 0.4) is 0 Å². The minimum atomic E-state index is 0.139. The van der Waals surface area contributed by atoms with E-state index in [2.05, 4.69) is 20.6 Å². The number of imidazole rings is 1. The Balaban J connectivity index is 1.64. The summed E-state index contributed by atoms with van der Waals surface area (Å²) in [6, 6.07) is 0.139. The highest BCUT2D eigenvalue weighted by molar-refractivity contribution is 7.15. The number of rotatable bonds is 1. The summed E-state index contributed by atoms with van der Waals surface area (Å²) in [4.78, 5) is 12.9. The molecule has 100 valence electrons. The fourth-order valence-corrected chi connectivity index (χ4v) is 4.11. The molecule has 2 aliphatic rings. The molecule has 19 heavy (non-hydrogen) atoms. The topological polar surface area (TPSA) is 60.0 Å². The molecule has 0 spiro atoms. The van der Waals surface area contributed by atoms with Gasteiger partial charge in [-0.1, -0.05) is 0 Å². The Hall–Kier alpha value is -1.40. The normalized spacial score (nSPS) is 22.2. The lowest BCUT2D eigenvalue weighted by molar-refractivity contribution is 0.550. The van der Waals surface area contributed by atoms with Crippen LogP contribution in [0.25, 0.3) is 0 Å². The first-order chi connectivity index (χ1) is 9.31. The molecule has 1 unspecified atom stereocenters. The van der Waals surface area contributed by atoms with Crippen molar-refractivity contribution in [3.05, 3.63) is 28.8 Å². The summed E-state index contributed by atoms with van der Waals surface area (Å²) in [5.74, 6) is 1.13. The van der Waals surface area contributed by atoms with E-state index in [0.29, 0.717) is 0 Å². The number of thiazole rings is 1. The van der Waals surface area contributed by atoms with Crippen LogP contribution >= 0.6 is 11.3 Å². The molecule has 0 radical (unpaired) electrons. The van der Waals surface area contributed by atoms with Crippen molar-refractivity contribution < 1.29 is 0 Å².